The molecule has 0 aliphatic carbocycles. The highest BCUT2D eigenvalue weighted by Gasteiger charge is 2.13. The van der Waals surface area contributed by atoms with E-state index in [1.807, 2.05) is 12.1 Å². The molecule has 94 valence electrons. The van der Waals surface area contributed by atoms with Crippen LogP contribution in [0.15, 0.2) is 42.9 Å². The Labute approximate surface area is 108 Å². The Kier molecular flexibility index (Phi) is 2.68. The summed E-state index contributed by atoms with van der Waals surface area (Å²) in [6, 6.07) is 7.08. The molecular formula is C13H10N4O2. The number of hydrogen-bond acceptors (Lipinski definition) is 5. The van der Waals surface area contributed by atoms with Crippen LogP contribution in [-0.4, -0.2) is 32.7 Å². The fourth-order valence-electron chi connectivity index (χ4n) is 1.85. The van der Waals surface area contributed by atoms with Crippen LogP contribution in [0.4, 0.5) is 0 Å². The molecule has 0 radical (unpaired) electrons. The molecule has 0 aliphatic rings. The average Bonchev–Trinajstić information content (AvgIpc) is 2.94. The highest BCUT2D eigenvalue weighted by molar-refractivity contribution is 5.89. The first-order valence-electron chi connectivity index (χ1n) is 5.63. The van der Waals surface area contributed by atoms with Crippen molar-refractivity contribution in [3.8, 4) is 11.3 Å². The third kappa shape index (κ3) is 1.93. The topological polar surface area (TPSA) is 69.4 Å². The molecule has 0 fully saturated rings. The number of aromatic nitrogens is 4. The van der Waals surface area contributed by atoms with Crippen LogP contribution in [0, 0.1) is 0 Å². The van der Waals surface area contributed by atoms with Gasteiger partial charge in [-0.15, -0.1) is 0 Å². The molecule has 0 amide bonds. The molecule has 0 unspecified atom stereocenters. The molecular weight excluding hydrogens is 244 g/mol. The molecule has 0 atom stereocenters. The van der Waals surface area contributed by atoms with Gasteiger partial charge in [-0.2, -0.15) is 5.10 Å². The molecule has 3 aromatic rings. The van der Waals surface area contributed by atoms with Gasteiger partial charge in [0, 0.05) is 24.0 Å². The standard InChI is InChI=1S/C13H10N4O2/c1-19-13(18)10-8-11(9-2-5-14-6-3-9)17-12(16-10)4-7-15-17/h2-8H,1H3. The maximum absolute atomic E-state index is 11.6. The predicted molar refractivity (Wildman–Crippen MR) is 67.6 cm³/mol. The van der Waals surface area contributed by atoms with E-state index in [2.05, 4.69) is 15.1 Å². The highest BCUT2D eigenvalue weighted by atomic mass is 16.5. The van der Waals surface area contributed by atoms with E-state index >= 15 is 0 Å². The molecule has 0 aliphatic heterocycles. The second-order valence-corrected chi connectivity index (χ2v) is 3.86. The van der Waals surface area contributed by atoms with Crippen LogP contribution in [0.3, 0.4) is 0 Å². The first-order chi connectivity index (χ1) is 9.29. The van der Waals surface area contributed by atoms with Crippen LogP contribution in [0.5, 0.6) is 0 Å². The number of fused-ring (bicyclic) bond motifs is 1. The Morgan fingerprint density at radius 1 is 1.21 bits per heavy atom. The van der Waals surface area contributed by atoms with Crippen molar-refractivity contribution in [2.75, 3.05) is 7.11 Å². The fourth-order valence-corrected chi connectivity index (χ4v) is 1.85. The maximum atomic E-state index is 11.6. The van der Waals surface area contributed by atoms with Gasteiger partial charge in [-0.25, -0.2) is 14.3 Å². The zero-order valence-corrected chi connectivity index (χ0v) is 10.1. The molecule has 0 spiro atoms. The fraction of sp³-hybridized carbons (Fsp3) is 0.0769. The minimum Gasteiger partial charge on any atom is -0.464 e. The van der Waals surface area contributed by atoms with E-state index in [4.69, 9.17) is 4.74 Å². The zero-order chi connectivity index (χ0) is 13.2. The van der Waals surface area contributed by atoms with E-state index in [-0.39, 0.29) is 5.69 Å². The molecule has 0 aromatic carbocycles. The van der Waals surface area contributed by atoms with Gasteiger partial charge in [0.2, 0.25) is 0 Å². The van der Waals surface area contributed by atoms with Gasteiger partial charge in [0.1, 0.15) is 0 Å². The van der Waals surface area contributed by atoms with E-state index in [0.29, 0.717) is 5.65 Å². The van der Waals surface area contributed by atoms with Crippen molar-refractivity contribution in [3.63, 3.8) is 0 Å². The highest BCUT2D eigenvalue weighted by Crippen LogP contribution is 2.20. The van der Waals surface area contributed by atoms with Crippen LogP contribution >= 0.6 is 0 Å². The van der Waals surface area contributed by atoms with Crippen LogP contribution in [0.2, 0.25) is 0 Å². The minimum absolute atomic E-state index is 0.252. The van der Waals surface area contributed by atoms with Crippen molar-refractivity contribution in [2.24, 2.45) is 0 Å². The monoisotopic (exact) mass is 254 g/mol. The summed E-state index contributed by atoms with van der Waals surface area (Å²) in [4.78, 5) is 19.8. The first kappa shape index (κ1) is 11.3. The molecule has 6 nitrogen and oxygen atoms in total. The summed E-state index contributed by atoms with van der Waals surface area (Å²) in [7, 11) is 1.33. The van der Waals surface area contributed by atoms with Gasteiger partial charge in [-0.1, -0.05) is 0 Å². The molecule has 3 rings (SSSR count). The van der Waals surface area contributed by atoms with Gasteiger partial charge in [0.15, 0.2) is 11.3 Å². The van der Waals surface area contributed by atoms with Gasteiger partial charge in [-0.05, 0) is 18.2 Å². The minimum atomic E-state index is -0.473. The quantitative estimate of drug-likeness (QED) is 0.649. The van der Waals surface area contributed by atoms with Crippen molar-refractivity contribution in [1.29, 1.82) is 0 Å². The number of carbonyl (C=O) groups is 1. The lowest BCUT2D eigenvalue weighted by molar-refractivity contribution is 0.0594. The lowest BCUT2D eigenvalue weighted by Crippen LogP contribution is -2.07. The van der Waals surface area contributed by atoms with Crippen molar-refractivity contribution in [2.45, 2.75) is 0 Å². The Bertz CT molecular complexity index is 737. The number of pyridine rings is 1. The van der Waals surface area contributed by atoms with E-state index in [1.165, 1.54) is 7.11 Å². The van der Waals surface area contributed by atoms with Crippen molar-refractivity contribution in [3.05, 3.63) is 48.5 Å². The van der Waals surface area contributed by atoms with Crippen molar-refractivity contribution >= 4 is 11.6 Å². The summed E-state index contributed by atoms with van der Waals surface area (Å²) < 4.78 is 6.38. The number of rotatable bonds is 2. The summed E-state index contributed by atoms with van der Waals surface area (Å²) >= 11 is 0. The Hall–Kier alpha value is -2.76. The van der Waals surface area contributed by atoms with Gasteiger partial charge < -0.3 is 4.74 Å². The van der Waals surface area contributed by atoms with Crippen LogP contribution in [-0.2, 0) is 4.74 Å². The maximum Gasteiger partial charge on any atom is 0.356 e. The van der Waals surface area contributed by atoms with Crippen molar-refractivity contribution in [1.82, 2.24) is 19.6 Å². The largest absolute Gasteiger partial charge is 0.464 e. The predicted octanol–water partition coefficient (Wildman–Crippen LogP) is 1.58. The summed E-state index contributed by atoms with van der Waals surface area (Å²) in [5.41, 5.74) is 2.51. The second-order valence-electron chi connectivity index (χ2n) is 3.86. The van der Waals surface area contributed by atoms with Gasteiger partial charge >= 0.3 is 5.97 Å². The molecule has 6 heteroatoms. The van der Waals surface area contributed by atoms with Gasteiger partial charge in [-0.3, -0.25) is 4.98 Å². The van der Waals surface area contributed by atoms with Crippen molar-refractivity contribution < 1.29 is 9.53 Å². The van der Waals surface area contributed by atoms with E-state index in [0.717, 1.165) is 11.3 Å². The first-order valence-corrected chi connectivity index (χ1v) is 5.63. The summed E-state index contributed by atoms with van der Waals surface area (Å²) in [5, 5.41) is 4.20. The molecule has 0 bridgehead atoms. The molecule has 0 saturated carbocycles. The van der Waals surface area contributed by atoms with Gasteiger partial charge in [0.25, 0.3) is 0 Å². The van der Waals surface area contributed by atoms with Crippen LogP contribution in [0.25, 0.3) is 16.9 Å². The number of hydrogen-bond donors (Lipinski definition) is 0. The van der Waals surface area contributed by atoms with E-state index in [1.54, 1.807) is 35.2 Å². The molecule has 19 heavy (non-hydrogen) atoms. The number of methoxy groups -OCH3 is 1. The third-order valence-electron chi connectivity index (χ3n) is 2.73. The van der Waals surface area contributed by atoms with Crippen LogP contribution < -0.4 is 0 Å². The lowest BCUT2D eigenvalue weighted by atomic mass is 10.1. The number of ether oxygens (including phenoxy) is 1. The summed E-state index contributed by atoms with van der Waals surface area (Å²) in [5.74, 6) is -0.473. The summed E-state index contributed by atoms with van der Waals surface area (Å²) in [6.07, 6.45) is 5.00. The molecule has 0 N–H and O–H groups in total. The van der Waals surface area contributed by atoms with E-state index in [9.17, 15) is 4.79 Å². The lowest BCUT2D eigenvalue weighted by Gasteiger charge is -2.06. The van der Waals surface area contributed by atoms with Gasteiger partial charge in [0.05, 0.1) is 19.0 Å². The number of nitrogens with zero attached hydrogens (tertiary/aromatic N) is 4. The molecule has 0 saturated heterocycles. The average molecular weight is 254 g/mol. The third-order valence-corrected chi connectivity index (χ3v) is 2.73. The Morgan fingerprint density at radius 2 is 2.00 bits per heavy atom. The number of esters is 1. The number of carbonyl (C=O) groups excluding carboxylic acids is 1. The summed E-state index contributed by atoms with van der Waals surface area (Å²) in [6.45, 7) is 0. The smallest absolute Gasteiger partial charge is 0.356 e. The molecule has 3 heterocycles. The SMILES string of the molecule is COC(=O)c1cc(-c2ccncc2)n2nccc2n1. The molecule has 3 aromatic heterocycles. The Balaban J connectivity index is 2.27. The zero-order valence-electron chi connectivity index (χ0n) is 10.1. The van der Waals surface area contributed by atoms with E-state index < -0.39 is 5.97 Å². The Morgan fingerprint density at radius 3 is 2.74 bits per heavy atom. The second kappa shape index (κ2) is 4.49. The van der Waals surface area contributed by atoms with Crippen LogP contribution in [0.1, 0.15) is 10.5 Å². The normalized spacial score (nSPS) is 10.6.